The minimum absolute atomic E-state index is 0.0604. The Kier molecular flexibility index (Phi) is 4.08. The third-order valence-electron chi connectivity index (χ3n) is 2.17. The molecule has 1 N–H and O–H groups in total. The van der Waals surface area contributed by atoms with Gasteiger partial charge in [0.05, 0.1) is 4.92 Å². The molecule has 0 saturated carbocycles. The van der Waals surface area contributed by atoms with Crippen molar-refractivity contribution >= 4 is 11.7 Å². The van der Waals surface area contributed by atoms with Crippen LogP contribution < -0.4 is 0 Å². The lowest BCUT2D eigenvalue weighted by atomic mass is 10.0. The third kappa shape index (κ3) is 3.47. The second-order valence-electron chi connectivity index (χ2n) is 3.34. The Balaban J connectivity index is 3.04. The predicted molar refractivity (Wildman–Crippen MR) is 54.0 cm³/mol. The van der Waals surface area contributed by atoms with E-state index in [0.29, 0.717) is 0 Å². The molecule has 5 nitrogen and oxygen atoms in total. The summed E-state index contributed by atoms with van der Waals surface area (Å²) in [7, 11) is 0. The SMILES string of the molecule is O=C(O)CCc1ccc(C(F)F)cc1[N+](=O)[O-]. The average Bonchev–Trinajstić information content (AvgIpc) is 2.25. The van der Waals surface area contributed by atoms with Gasteiger partial charge in [0, 0.05) is 23.6 Å². The number of nitro groups is 1. The average molecular weight is 245 g/mol. The molecule has 0 aliphatic carbocycles. The molecule has 0 atom stereocenters. The van der Waals surface area contributed by atoms with Crippen LogP contribution in [0, 0.1) is 10.1 Å². The van der Waals surface area contributed by atoms with Crippen LogP contribution in [0.2, 0.25) is 0 Å². The molecule has 0 amide bonds. The summed E-state index contributed by atoms with van der Waals surface area (Å²) in [4.78, 5) is 20.2. The highest BCUT2D eigenvalue weighted by Crippen LogP contribution is 2.27. The van der Waals surface area contributed by atoms with E-state index >= 15 is 0 Å². The van der Waals surface area contributed by atoms with E-state index in [9.17, 15) is 23.7 Å². The smallest absolute Gasteiger partial charge is 0.303 e. The molecule has 0 radical (unpaired) electrons. The van der Waals surface area contributed by atoms with E-state index in [1.807, 2.05) is 0 Å². The van der Waals surface area contributed by atoms with Crippen LogP contribution in [0.25, 0.3) is 0 Å². The molecule has 0 aliphatic heterocycles. The van der Waals surface area contributed by atoms with Crippen molar-refractivity contribution in [1.82, 2.24) is 0 Å². The van der Waals surface area contributed by atoms with Crippen molar-refractivity contribution in [2.75, 3.05) is 0 Å². The van der Waals surface area contributed by atoms with Crippen molar-refractivity contribution in [1.29, 1.82) is 0 Å². The molecule has 0 fully saturated rings. The zero-order valence-corrected chi connectivity index (χ0v) is 8.60. The molecule has 0 unspecified atom stereocenters. The van der Waals surface area contributed by atoms with Crippen molar-refractivity contribution in [3.63, 3.8) is 0 Å². The number of carboxylic acids is 1. The highest BCUT2D eigenvalue weighted by molar-refractivity contribution is 5.67. The number of hydrogen-bond acceptors (Lipinski definition) is 3. The van der Waals surface area contributed by atoms with Gasteiger partial charge in [-0.2, -0.15) is 0 Å². The summed E-state index contributed by atoms with van der Waals surface area (Å²) < 4.78 is 24.7. The van der Waals surface area contributed by atoms with Crippen molar-refractivity contribution in [2.45, 2.75) is 19.3 Å². The minimum atomic E-state index is -2.79. The standard InChI is InChI=1S/C10H9F2NO4/c11-10(12)7-2-1-6(3-4-9(14)15)8(5-7)13(16)17/h1-2,5,10H,3-4H2,(H,14,15). The van der Waals surface area contributed by atoms with E-state index in [0.717, 1.165) is 12.1 Å². The molecule has 17 heavy (non-hydrogen) atoms. The molecule has 0 aliphatic rings. The Morgan fingerprint density at radius 2 is 2.12 bits per heavy atom. The summed E-state index contributed by atoms with van der Waals surface area (Å²) in [5.74, 6) is -1.10. The van der Waals surface area contributed by atoms with Gasteiger partial charge in [-0.1, -0.05) is 12.1 Å². The van der Waals surface area contributed by atoms with E-state index in [1.54, 1.807) is 0 Å². The molecular weight excluding hydrogens is 236 g/mol. The van der Waals surface area contributed by atoms with Gasteiger partial charge < -0.3 is 5.11 Å². The summed E-state index contributed by atoms with van der Waals surface area (Å²) in [6.45, 7) is 0. The highest BCUT2D eigenvalue weighted by atomic mass is 19.3. The van der Waals surface area contributed by atoms with Gasteiger partial charge >= 0.3 is 5.97 Å². The summed E-state index contributed by atoms with van der Waals surface area (Å²) in [6.07, 6.45) is -3.13. The summed E-state index contributed by atoms with van der Waals surface area (Å²) >= 11 is 0. The zero-order valence-electron chi connectivity index (χ0n) is 8.60. The number of nitrogens with zero attached hydrogens (tertiary/aromatic N) is 1. The lowest BCUT2D eigenvalue weighted by molar-refractivity contribution is -0.385. The first-order valence-electron chi connectivity index (χ1n) is 4.69. The molecule has 0 spiro atoms. The Morgan fingerprint density at radius 1 is 1.47 bits per heavy atom. The van der Waals surface area contributed by atoms with Gasteiger partial charge in [0.25, 0.3) is 12.1 Å². The first-order chi connectivity index (χ1) is 7.91. The van der Waals surface area contributed by atoms with Crippen molar-refractivity contribution in [3.8, 4) is 0 Å². The van der Waals surface area contributed by atoms with Gasteiger partial charge in [0.1, 0.15) is 0 Å². The quantitative estimate of drug-likeness (QED) is 0.638. The first kappa shape index (κ1) is 13.0. The van der Waals surface area contributed by atoms with Gasteiger partial charge in [-0.15, -0.1) is 0 Å². The lowest BCUT2D eigenvalue weighted by Crippen LogP contribution is -2.02. The lowest BCUT2D eigenvalue weighted by Gasteiger charge is -2.04. The van der Waals surface area contributed by atoms with Gasteiger partial charge in [-0.25, -0.2) is 8.78 Å². The van der Waals surface area contributed by atoms with Crippen LogP contribution in [0.5, 0.6) is 0 Å². The number of rotatable bonds is 5. The Bertz CT molecular complexity index is 448. The van der Waals surface area contributed by atoms with Crippen LogP contribution in [0.4, 0.5) is 14.5 Å². The van der Waals surface area contributed by atoms with E-state index in [4.69, 9.17) is 5.11 Å². The number of carboxylic acid groups (broad SMARTS) is 1. The molecular formula is C10H9F2NO4. The summed E-state index contributed by atoms with van der Waals surface area (Å²) in [6, 6.07) is 3.01. The first-order valence-corrected chi connectivity index (χ1v) is 4.69. The number of halogens is 2. The van der Waals surface area contributed by atoms with Crippen molar-refractivity contribution in [3.05, 3.63) is 39.4 Å². The Morgan fingerprint density at radius 3 is 2.59 bits per heavy atom. The maximum atomic E-state index is 12.3. The maximum Gasteiger partial charge on any atom is 0.303 e. The second-order valence-corrected chi connectivity index (χ2v) is 3.34. The molecule has 7 heteroatoms. The second kappa shape index (κ2) is 5.33. The largest absolute Gasteiger partial charge is 0.481 e. The topological polar surface area (TPSA) is 80.4 Å². The molecule has 0 saturated heterocycles. The van der Waals surface area contributed by atoms with Crippen LogP contribution in [0.15, 0.2) is 18.2 Å². The maximum absolute atomic E-state index is 12.3. The van der Waals surface area contributed by atoms with Crippen molar-refractivity contribution in [2.24, 2.45) is 0 Å². The summed E-state index contributed by atoms with van der Waals surface area (Å²) in [5.41, 5.74) is -0.776. The van der Waals surface area contributed by atoms with Crippen LogP contribution in [-0.4, -0.2) is 16.0 Å². The Labute approximate surface area is 94.8 Å². The van der Waals surface area contributed by atoms with Gasteiger partial charge in [-0.3, -0.25) is 14.9 Å². The molecule has 1 rings (SSSR count). The van der Waals surface area contributed by atoms with E-state index in [2.05, 4.69) is 0 Å². The number of aryl methyl sites for hydroxylation is 1. The van der Waals surface area contributed by atoms with E-state index in [1.165, 1.54) is 6.07 Å². The van der Waals surface area contributed by atoms with Crippen LogP contribution in [-0.2, 0) is 11.2 Å². The van der Waals surface area contributed by atoms with Gasteiger partial charge in [0.15, 0.2) is 0 Å². The van der Waals surface area contributed by atoms with Crippen molar-refractivity contribution < 1.29 is 23.6 Å². The minimum Gasteiger partial charge on any atom is -0.481 e. The normalized spacial score (nSPS) is 10.5. The molecule has 1 aromatic carbocycles. The fraction of sp³-hybridized carbons (Fsp3) is 0.300. The monoisotopic (exact) mass is 245 g/mol. The number of nitro benzene ring substituents is 1. The number of carbonyl (C=O) groups is 1. The molecule has 1 aromatic rings. The molecule has 92 valence electrons. The Hall–Kier alpha value is -2.05. The van der Waals surface area contributed by atoms with Crippen LogP contribution in [0.1, 0.15) is 24.0 Å². The number of aliphatic carboxylic acids is 1. The van der Waals surface area contributed by atoms with Gasteiger partial charge in [-0.05, 0) is 6.42 Å². The number of hydrogen-bond donors (Lipinski definition) is 1. The predicted octanol–water partition coefficient (Wildman–Crippen LogP) is 2.55. The fourth-order valence-electron chi connectivity index (χ4n) is 1.34. The van der Waals surface area contributed by atoms with E-state index in [-0.39, 0.29) is 18.4 Å². The zero-order chi connectivity index (χ0) is 13.0. The molecule has 0 bridgehead atoms. The van der Waals surface area contributed by atoms with E-state index < -0.39 is 28.6 Å². The molecule has 0 aromatic heterocycles. The highest BCUT2D eigenvalue weighted by Gasteiger charge is 2.18. The molecule has 0 heterocycles. The summed E-state index contributed by atoms with van der Waals surface area (Å²) in [5, 5.41) is 19.1. The van der Waals surface area contributed by atoms with Crippen LogP contribution >= 0.6 is 0 Å². The number of alkyl halides is 2. The fourth-order valence-corrected chi connectivity index (χ4v) is 1.34. The number of benzene rings is 1. The third-order valence-corrected chi connectivity index (χ3v) is 2.17. The van der Waals surface area contributed by atoms with Crippen LogP contribution in [0.3, 0.4) is 0 Å². The van der Waals surface area contributed by atoms with Gasteiger partial charge in [0.2, 0.25) is 0 Å².